The molecule has 4 nitrogen and oxygen atoms in total. The molecule has 1 saturated heterocycles. The first-order valence-corrected chi connectivity index (χ1v) is 7.72. The van der Waals surface area contributed by atoms with Gasteiger partial charge < -0.3 is 14.8 Å². The number of anilines is 2. The Morgan fingerprint density at radius 1 is 1.19 bits per heavy atom. The molecule has 112 valence electrons. The van der Waals surface area contributed by atoms with E-state index in [1.807, 2.05) is 6.20 Å². The van der Waals surface area contributed by atoms with Crippen molar-refractivity contribution in [3.05, 3.63) is 41.3 Å². The van der Waals surface area contributed by atoms with E-state index in [2.05, 4.69) is 58.9 Å². The summed E-state index contributed by atoms with van der Waals surface area (Å²) < 4.78 is 2.23. The van der Waals surface area contributed by atoms with Gasteiger partial charge in [0.1, 0.15) is 5.82 Å². The van der Waals surface area contributed by atoms with Gasteiger partial charge in [-0.2, -0.15) is 0 Å². The molecule has 0 unspecified atom stereocenters. The summed E-state index contributed by atoms with van der Waals surface area (Å²) in [5.41, 5.74) is 5.05. The summed E-state index contributed by atoms with van der Waals surface area (Å²) in [6.07, 6.45) is 4.52. The van der Waals surface area contributed by atoms with Gasteiger partial charge in [-0.25, -0.2) is 4.98 Å². The van der Waals surface area contributed by atoms with Gasteiger partial charge in [-0.15, -0.1) is 0 Å². The molecule has 0 amide bonds. The van der Waals surface area contributed by atoms with Gasteiger partial charge in [0.05, 0.1) is 11.9 Å². The van der Waals surface area contributed by atoms with Crippen LogP contribution in [0.2, 0.25) is 0 Å². The highest BCUT2D eigenvalue weighted by molar-refractivity contribution is 5.49. The maximum atomic E-state index is 4.58. The van der Waals surface area contributed by atoms with E-state index in [9.17, 15) is 0 Å². The second-order valence-corrected chi connectivity index (χ2v) is 5.91. The van der Waals surface area contributed by atoms with Crippen LogP contribution < -0.4 is 10.2 Å². The zero-order chi connectivity index (χ0) is 14.8. The minimum Gasteiger partial charge on any atom is -0.380 e. The third-order valence-electron chi connectivity index (χ3n) is 4.54. The summed E-state index contributed by atoms with van der Waals surface area (Å²) in [6.45, 7) is 7.43. The average Bonchev–Trinajstić information content (AvgIpc) is 3.11. The van der Waals surface area contributed by atoms with Gasteiger partial charge >= 0.3 is 0 Å². The van der Waals surface area contributed by atoms with Crippen molar-refractivity contribution in [2.45, 2.75) is 33.2 Å². The molecule has 0 radical (unpaired) electrons. The molecule has 0 aliphatic carbocycles. The first-order valence-electron chi connectivity index (χ1n) is 7.72. The lowest BCUT2D eigenvalue weighted by atomic mass is 10.2. The van der Waals surface area contributed by atoms with E-state index >= 15 is 0 Å². The second kappa shape index (κ2) is 5.80. The summed E-state index contributed by atoms with van der Waals surface area (Å²) in [4.78, 5) is 6.93. The zero-order valence-corrected chi connectivity index (χ0v) is 13.2. The fourth-order valence-electron chi connectivity index (χ4n) is 2.93. The Morgan fingerprint density at radius 2 is 1.95 bits per heavy atom. The monoisotopic (exact) mass is 284 g/mol. The second-order valence-electron chi connectivity index (χ2n) is 5.91. The number of hydrogen-bond acceptors (Lipinski definition) is 3. The quantitative estimate of drug-likeness (QED) is 0.935. The van der Waals surface area contributed by atoms with Crippen LogP contribution in [0.5, 0.6) is 0 Å². The maximum Gasteiger partial charge on any atom is 0.128 e. The Morgan fingerprint density at radius 3 is 2.52 bits per heavy atom. The lowest BCUT2D eigenvalue weighted by molar-refractivity contribution is 0.837. The van der Waals surface area contributed by atoms with Crippen molar-refractivity contribution < 1.29 is 0 Å². The lowest BCUT2D eigenvalue weighted by Gasteiger charge is -2.16. The molecule has 1 fully saturated rings. The van der Waals surface area contributed by atoms with Gasteiger partial charge in [-0.05, 0) is 50.5 Å². The Labute approximate surface area is 126 Å². The van der Waals surface area contributed by atoms with Crippen LogP contribution in [0.1, 0.15) is 29.8 Å². The van der Waals surface area contributed by atoms with Crippen LogP contribution in [0.4, 0.5) is 11.5 Å². The van der Waals surface area contributed by atoms with E-state index in [4.69, 9.17) is 0 Å². The molecule has 1 aliphatic rings. The molecule has 3 rings (SSSR count). The van der Waals surface area contributed by atoms with E-state index < -0.39 is 0 Å². The summed E-state index contributed by atoms with van der Waals surface area (Å²) >= 11 is 0. The number of aryl methyl sites for hydroxylation is 1. The third kappa shape index (κ3) is 2.89. The van der Waals surface area contributed by atoms with Gasteiger partial charge in [0.2, 0.25) is 0 Å². The molecule has 3 heterocycles. The Balaban J connectivity index is 1.63. The summed E-state index contributed by atoms with van der Waals surface area (Å²) in [7, 11) is 2.11. The molecule has 21 heavy (non-hydrogen) atoms. The van der Waals surface area contributed by atoms with E-state index in [1.165, 1.54) is 29.8 Å². The number of nitrogens with one attached hydrogen (secondary N) is 1. The summed E-state index contributed by atoms with van der Waals surface area (Å²) in [6, 6.07) is 6.50. The minimum atomic E-state index is 0.845. The fourth-order valence-corrected chi connectivity index (χ4v) is 2.93. The van der Waals surface area contributed by atoms with Crippen LogP contribution in [0.3, 0.4) is 0 Å². The molecule has 4 heteroatoms. The molecule has 1 N–H and O–H groups in total. The van der Waals surface area contributed by atoms with E-state index in [0.29, 0.717) is 0 Å². The predicted molar refractivity (Wildman–Crippen MR) is 87.9 cm³/mol. The topological polar surface area (TPSA) is 33.1 Å². The van der Waals surface area contributed by atoms with Crippen LogP contribution in [0.15, 0.2) is 24.4 Å². The molecule has 2 aromatic heterocycles. The predicted octanol–water partition coefficient (Wildman–Crippen LogP) is 3.25. The van der Waals surface area contributed by atoms with Crippen molar-refractivity contribution in [2.75, 3.05) is 23.3 Å². The molecule has 0 spiro atoms. The van der Waals surface area contributed by atoms with Crippen LogP contribution in [0, 0.1) is 13.8 Å². The van der Waals surface area contributed by atoms with Crippen molar-refractivity contribution >= 4 is 11.5 Å². The Hall–Kier alpha value is -1.97. The molecule has 0 aromatic carbocycles. The largest absolute Gasteiger partial charge is 0.380 e. The molecular formula is C17H24N4. The molecule has 0 bridgehead atoms. The van der Waals surface area contributed by atoms with Crippen LogP contribution >= 0.6 is 0 Å². The SMILES string of the molecule is Cc1cc(CNc2ccc(N3CCCC3)nc2)c(C)n1C. The first kappa shape index (κ1) is 14.0. The molecular weight excluding hydrogens is 260 g/mol. The normalized spacial score (nSPS) is 14.7. The highest BCUT2D eigenvalue weighted by atomic mass is 15.2. The van der Waals surface area contributed by atoms with E-state index in [1.54, 1.807) is 0 Å². The standard InChI is InChI=1S/C17H24N4/c1-13-10-15(14(2)20(13)3)11-18-16-6-7-17(19-12-16)21-8-4-5-9-21/h6-7,10,12,18H,4-5,8-9,11H2,1-3H3. The molecule has 2 aromatic rings. The third-order valence-corrected chi connectivity index (χ3v) is 4.54. The van der Waals surface area contributed by atoms with Crippen LogP contribution in [-0.2, 0) is 13.6 Å². The van der Waals surface area contributed by atoms with E-state index in [-0.39, 0.29) is 0 Å². The molecule has 0 atom stereocenters. The van der Waals surface area contributed by atoms with Gasteiger partial charge in [0, 0.05) is 38.1 Å². The number of pyridine rings is 1. The number of nitrogens with zero attached hydrogens (tertiary/aromatic N) is 3. The molecule has 1 aliphatic heterocycles. The molecule has 0 saturated carbocycles. The number of rotatable bonds is 4. The lowest BCUT2D eigenvalue weighted by Crippen LogP contribution is -2.18. The van der Waals surface area contributed by atoms with Gasteiger partial charge in [0.15, 0.2) is 0 Å². The van der Waals surface area contributed by atoms with Gasteiger partial charge in [-0.3, -0.25) is 0 Å². The van der Waals surface area contributed by atoms with Crippen molar-refractivity contribution in [3.8, 4) is 0 Å². The van der Waals surface area contributed by atoms with Gasteiger partial charge in [-0.1, -0.05) is 0 Å². The van der Waals surface area contributed by atoms with Crippen molar-refractivity contribution in [1.29, 1.82) is 0 Å². The van der Waals surface area contributed by atoms with Crippen molar-refractivity contribution in [2.24, 2.45) is 7.05 Å². The highest BCUT2D eigenvalue weighted by Gasteiger charge is 2.13. The van der Waals surface area contributed by atoms with Crippen molar-refractivity contribution in [3.63, 3.8) is 0 Å². The first-order chi connectivity index (χ1) is 10.1. The number of hydrogen-bond donors (Lipinski definition) is 1. The van der Waals surface area contributed by atoms with Crippen molar-refractivity contribution in [1.82, 2.24) is 9.55 Å². The van der Waals surface area contributed by atoms with Crippen LogP contribution in [0.25, 0.3) is 0 Å². The average molecular weight is 284 g/mol. The van der Waals surface area contributed by atoms with Crippen LogP contribution in [-0.4, -0.2) is 22.6 Å². The summed E-state index contributed by atoms with van der Waals surface area (Å²) in [5, 5.41) is 3.47. The Bertz CT molecular complexity index is 606. The number of aromatic nitrogens is 2. The Kier molecular flexibility index (Phi) is 3.86. The zero-order valence-electron chi connectivity index (χ0n) is 13.2. The minimum absolute atomic E-state index is 0.845. The van der Waals surface area contributed by atoms with E-state index in [0.717, 1.165) is 31.1 Å². The smallest absolute Gasteiger partial charge is 0.128 e. The summed E-state index contributed by atoms with van der Waals surface area (Å²) in [5.74, 6) is 1.10. The van der Waals surface area contributed by atoms with Gasteiger partial charge in [0.25, 0.3) is 0 Å². The maximum absolute atomic E-state index is 4.58. The fraction of sp³-hybridized carbons (Fsp3) is 0.471. The highest BCUT2D eigenvalue weighted by Crippen LogP contribution is 2.20.